The Bertz CT molecular complexity index is 1300. The molecule has 0 radical (unpaired) electrons. The Labute approximate surface area is 218 Å². The van der Waals surface area contributed by atoms with Crippen LogP contribution in [-0.4, -0.2) is 44.1 Å². The molecule has 2 aromatic rings. The van der Waals surface area contributed by atoms with Crippen LogP contribution in [0.4, 0.5) is 5.69 Å². The molecule has 2 aliphatic heterocycles. The molecule has 7 heteroatoms. The Morgan fingerprint density at radius 3 is 2.54 bits per heavy atom. The lowest BCUT2D eigenvalue weighted by molar-refractivity contribution is -0.118. The van der Waals surface area contributed by atoms with Gasteiger partial charge in [-0.2, -0.15) is 5.26 Å². The summed E-state index contributed by atoms with van der Waals surface area (Å²) in [6.07, 6.45) is 1.12. The number of ether oxygens (including phenoxy) is 2. The van der Waals surface area contributed by atoms with E-state index in [1.54, 1.807) is 7.11 Å². The molecule has 0 amide bonds. The summed E-state index contributed by atoms with van der Waals surface area (Å²) in [5.74, 6) is 0.729. The summed E-state index contributed by atoms with van der Waals surface area (Å²) in [7, 11) is 1.67. The second kappa shape index (κ2) is 10.0. The second-order valence-electron chi connectivity index (χ2n) is 10.8. The van der Waals surface area contributed by atoms with Gasteiger partial charge in [-0.15, -0.1) is 0 Å². The topological polar surface area (TPSA) is 91.8 Å². The van der Waals surface area contributed by atoms with E-state index >= 15 is 0 Å². The molecule has 5 rings (SSSR count). The molecule has 2 heterocycles. The lowest BCUT2D eigenvalue weighted by atomic mass is 9.68. The van der Waals surface area contributed by atoms with Crippen LogP contribution in [0.3, 0.4) is 0 Å². The van der Waals surface area contributed by atoms with Crippen LogP contribution in [0.2, 0.25) is 0 Å². The number of anilines is 1. The molecule has 0 saturated carbocycles. The molecule has 1 saturated heterocycles. The average Bonchev–Trinajstić information content (AvgIpc) is 2.88. The molecule has 0 spiro atoms. The van der Waals surface area contributed by atoms with Gasteiger partial charge in [-0.1, -0.05) is 38.1 Å². The zero-order chi connectivity index (χ0) is 26.2. The average molecular weight is 499 g/mol. The lowest BCUT2D eigenvalue weighted by Crippen LogP contribution is -2.42. The number of hydrogen-bond donors (Lipinski definition) is 1. The maximum absolute atomic E-state index is 13.8. The number of hydrogen-bond acceptors (Lipinski definition) is 7. The monoisotopic (exact) mass is 498 g/mol. The molecule has 1 unspecified atom stereocenters. The van der Waals surface area contributed by atoms with E-state index in [4.69, 9.17) is 15.2 Å². The summed E-state index contributed by atoms with van der Waals surface area (Å²) < 4.78 is 11.2. The molecule has 1 aliphatic carbocycles. The van der Waals surface area contributed by atoms with Crippen molar-refractivity contribution in [2.24, 2.45) is 11.1 Å². The van der Waals surface area contributed by atoms with Crippen molar-refractivity contribution in [1.29, 1.82) is 5.26 Å². The summed E-state index contributed by atoms with van der Waals surface area (Å²) in [6.45, 7) is 8.04. The van der Waals surface area contributed by atoms with Gasteiger partial charge in [-0.05, 0) is 41.7 Å². The van der Waals surface area contributed by atoms with E-state index in [1.165, 1.54) is 0 Å². The number of carbonyl (C=O) groups excluding carboxylic acids is 1. The summed E-state index contributed by atoms with van der Waals surface area (Å²) in [4.78, 5) is 18.0. The van der Waals surface area contributed by atoms with Crippen molar-refractivity contribution in [2.75, 3.05) is 38.3 Å². The fourth-order valence-electron chi connectivity index (χ4n) is 5.82. The number of methoxy groups -OCH3 is 1. The van der Waals surface area contributed by atoms with Crippen molar-refractivity contribution in [1.82, 2.24) is 4.90 Å². The van der Waals surface area contributed by atoms with Crippen LogP contribution in [0.15, 0.2) is 71.2 Å². The van der Waals surface area contributed by atoms with Crippen molar-refractivity contribution < 1.29 is 14.3 Å². The number of nitrogens with zero attached hydrogens (tertiary/aromatic N) is 3. The molecule has 2 aromatic carbocycles. The Morgan fingerprint density at radius 1 is 1.14 bits per heavy atom. The van der Waals surface area contributed by atoms with Crippen molar-refractivity contribution >= 4 is 11.5 Å². The van der Waals surface area contributed by atoms with Crippen LogP contribution in [0, 0.1) is 16.7 Å². The highest BCUT2D eigenvalue weighted by Crippen LogP contribution is 2.50. The zero-order valence-electron chi connectivity index (χ0n) is 21.8. The first-order valence-corrected chi connectivity index (χ1v) is 12.8. The number of nitrogens with two attached hydrogens (primary N) is 1. The van der Waals surface area contributed by atoms with Crippen molar-refractivity contribution in [3.05, 3.63) is 82.3 Å². The highest BCUT2D eigenvalue weighted by Gasteiger charge is 2.44. The molecule has 0 aromatic heterocycles. The molecule has 37 heavy (non-hydrogen) atoms. The van der Waals surface area contributed by atoms with Crippen LogP contribution in [0.1, 0.15) is 43.7 Å². The number of morpholine rings is 1. The van der Waals surface area contributed by atoms with Gasteiger partial charge in [0.2, 0.25) is 0 Å². The third kappa shape index (κ3) is 4.75. The largest absolute Gasteiger partial charge is 0.496 e. The minimum atomic E-state index is -0.516. The van der Waals surface area contributed by atoms with E-state index in [1.807, 2.05) is 47.4 Å². The van der Waals surface area contributed by atoms with Gasteiger partial charge in [-0.3, -0.25) is 14.6 Å². The summed E-state index contributed by atoms with van der Waals surface area (Å²) in [5, 5.41) is 10.4. The van der Waals surface area contributed by atoms with Gasteiger partial charge in [0.1, 0.15) is 11.6 Å². The van der Waals surface area contributed by atoms with E-state index in [0.29, 0.717) is 49.6 Å². The first-order chi connectivity index (χ1) is 17.8. The number of ketones is 1. The Balaban J connectivity index is 1.66. The Morgan fingerprint density at radius 2 is 1.86 bits per heavy atom. The minimum absolute atomic E-state index is 0.0722. The van der Waals surface area contributed by atoms with Gasteiger partial charge < -0.3 is 15.2 Å². The zero-order valence-corrected chi connectivity index (χ0v) is 21.8. The normalized spacial score (nSPS) is 22.1. The molecular weight excluding hydrogens is 464 g/mol. The first kappa shape index (κ1) is 25.1. The Hall–Kier alpha value is -3.60. The number of rotatable bonds is 5. The standard InChI is InChI=1S/C30H34N4O3/c1-30(2)16-24-28(25(35)17-30)27(23(18-31)29(32)34(24)22-7-5-4-6-8-22)20-9-10-26(36-3)21(15-20)19-33-11-13-37-14-12-33/h4-10,15,27H,11-14,16-17,19,32H2,1-3H3. The van der Waals surface area contributed by atoms with Crippen molar-refractivity contribution in [3.63, 3.8) is 0 Å². The van der Waals surface area contributed by atoms with E-state index in [9.17, 15) is 10.1 Å². The highest BCUT2D eigenvalue weighted by atomic mass is 16.5. The van der Waals surface area contributed by atoms with Crippen LogP contribution in [-0.2, 0) is 16.1 Å². The molecule has 7 nitrogen and oxygen atoms in total. The van der Waals surface area contributed by atoms with E-state index in [0.717, 1.165) is 41.4 Å². The van der Waals surface area contributed by atoms with E-state index < -0.39 is 5.92 Å². The fourth-order valence-corrected chi connectivity index (χ4v) is 5.82. The lowest BCUT2D eigenvalue weighted by Gasteiger charge is -2.43. The van der Waals surface area contributed by atoms with E-state index in [2.05, 4.69) is 30.9 Å². The molecule has 1 fully saturated rings. The molecule has 3 aliphatic rings. The maximum atomic E-state index is 13.8. The maximum Gasteiger partial charge on any atom is 0.162 e. The third-order valence-electron chi connectivity index (χ3n) is 7.53. The van der Waals surface area contributed by atoms with Crippen LogP contribution in [0.25, 0.3) is 0 Å². The van der Waals surface area contributed by atoms with E-state index in [-0.39, 0.29) is 11.2 Å². The minimum Gasteiger partial charge on any atom is -0.496 e. The van der Waals surface area contributed by atoms with Crippen molar-refractivity contribution in [2.45, 2.75) is 39.2 Å². The molecule has 192 valence electrons. The van der Waals surface area contributed by atoms with Gasteiger partial charge in [0.25, 0.3) is 0 Å². The number of para-hydroxylation sites is 1. The molecule has 1 atom stereocenters. The van der Waals surface area contributed by atoms with Crippen LogP contribution >= 0.6 is 0 Å². The summed E-state index contributed by atoms with van der Waals surface area (Å²) in [6, 6.07) is 18.1. The fraction of sp³-hybridized carbons (Fsp3) is 0.400. The van der Waals surface area contributed by atoms with Crippen molar-refractivity contribution in [3.8, 4) is 11.8 Å². The Kier molecular flexibility index (Phi) is 6.80. The van der Waals surface area contributed by atoms with Gasteiger partial charge in [0.05, 0.1) is 37.9 Å². The SMILES string of the molecule is COc1ccc(C2C(C#N)=C(N)N(c3ccccc3)C3=C2C(=O)CC(C)(C)C3)cc1CN1CCOCC1. The number of allylic oxidation sites excluding steroid dienone is 3. The summed E-state index contributed by atoms with van der Waals surface area (Å²) >= 11 is 0. The van der Waals surface area contributed by atoms with Gasteiger partial charge in [0.15, 0.2) is 5.78 Å². The number of nitriles is 1. The molecule has 2 N–H and O–H groups in total. The molecular formula is C30H34N4O3. The van der Waals surface area contributed by atoms with Crippen LogP contribution < -0.4 is 15.4 Å². The smallest absolute Gasteiger partial charge is 0.162 e. The highest BCUT2D eigenvalue weighted by molar-refractivity contribution is 6.01. The van der Waals surface area contributed by atoms with Crippen LogP contribution in [0.5, 0.6) is 5.75 Å². The predicted octanol–water partition coefficient (Wildman–Crippen LogP) is 4.47. The first-order valence-electron chi connectivity index (χ1n) is 12.8. The third-order valence-corrected chi connectivity index (χ3v) is 7.53. The quantitative estimate of drug-likeness (QED) is 0.650. The predicted molar refractivity (Wildman–Crippen MR) is 143 cm³/mol. The van der Waals surface area contributed by atoms with Gasteiger partial charge >= 0.3 is 0 Å². The number of carbonyl (C=O) groups is 1. The second-order valence-corrected chi connectivity index (χ2v) is 10.8. The summed E-state index contributed by atoms with van der Waals surface area (Å²) in [5.41, 5.74) is 11.3. The van der Waals surface area contributed by atoms with Gasteiger partial charge in [-0.25, -0.2) is 0 Å². The molecule has 0 bridgehead atoms. The number of benzene rings is 2. The number of Topliss-reactive ketones (excluding diaryl/α,β-unsaturated/α-hetero) is 1. The van der Waals surface area contributed by atoms with Gasteiger partial charge in [0, 0.05) is 48.6 Å².